The van der Waals surface area contributed by atoms with Crippen molar-refractivity contribution in [2.24, 2.45) is 11.8 Å². The Hall–Kier alpha value is 0.440. The number of thioether (sulfide) groups is 2. The van der Waals surface area contributed by atoms with Crippen molar-refractivity contribution in [1.82, 2.24) is 0 Å². The zero-order valence-electron chi connectivity index (χ0n) is 9.21. The molecule has 1 spiro atoms. The van der Waals surface area contributed by atoms with E-state index in [0.29, 0.717) is 4.08 Å². The fraction of sp³-hybridized carbons (Fsp3) is 0.833. The van der Waals surface area contributed by atoms with Gasteiger partial charge in [0.2, 0.25) is 0 Å². The van der Waals surface area contributed by atoms with E-state index in [9.17, 15) is 0 Å². The van der Waals surface area contributed by atoms with Crippen LogP contribution >= 0.6 is 23.5 Å². The Morgan fingerprint density at radius 3 is 2.50 bits per heavy atom. The molecule has 0 aromatic rings. The topological polar surface area (TPSA) is 0 Å². The van der Waals surface area contributed by atoms with Gasteiger partial charge >= 0.3 is 0 Å². The molecule has 1 saturated carbocycles. The first-order valence-corrected chi connectivity index (χ1v) is 7.54. The monoisotopic (exact) mass is 228 g/mol. The molecule has 1 aliphatic heterocycles. The van der Waals surface area contributed by atoms with Gasteiger partial charge in [-0.25, -0.2) is 0 Å². The summed E-state index contributed by atoms with van der Waals surface area (Å²) in [5.74, 6) is 4.41. The molecule has 2 aliphatic rings. The molecule has 1 saturated heterocycles. The van der Waals surface area contributed by atoms with E-state index in [-0.39, 0.29) is 0 Å². The minimum absolute atomic E-state index is 0.557. The Labute approximate surface area is 96.3 Å². The van der Waals surface area contributed by atoms with E-state index in [0.717, 1.165) is 11.8 Å². The van der Waals surface area contributed by atoms with Crippen LogP contribution in [-0.4, -0.2) is 15.6 Å². The lowest BCUT2D eigenvalue weighted by atomic mass is 9.79. The molecule has 2 rings (SSSR count). The standard InChI is InChI=1S/C12H20S2/c1-9(2)11-5-4-10(3)12(8-11)13-6-7-14-12/h10-11H,1,4-8H2,2-3H3. The van der Waals surface area contributed by atoms with Gasteiger partial charge in [-0.3, -0.25) is 0 Å². The van der Waals surface area contributed by atoms with E-state index in [1.807, 2.05) is 0 Å². The molecule has 2 fully saturated rings. The molecule has 1 heterocycles. The van der Waals surface area contributed by atoms with Gasteiger partial charge < -0.3 is 0 Å². The number of hydrogen-bond acceptors (Lipinski definition) is 2. The van der Waals surface area contributed by atoms with Crippen LogP contribution < -0.4 is 0 Å². The van der Waals surface area contributed by atoms with Gasteiger partial charge in [0.15, 0.2) is 0 Å². The molecule has 80 valence electrons. The molecule has 0 bridgehead atoms. The quantitative estimate of drug-likeness (QED) is 0.618. The Kier molecular flexibility index (Phi) is 3.23. The second-order valence-corrected chi connectivity index (χ2v) is 7.84. The van der Waals surface area contributed by atoms with E-state index in [4.69, 9.17) is 0 Å². The third-order valence-corrected chi connectivity index (χ3v) is 7.60. The Morgan fingerprint density at radius 1 is 1.29 bits per heavy atom. The predicted octanol–water partition coefficient (Wildman–Crippen LogP) is 4.18. The molecule has 2 heteroatoms. The lowest BCUT2D eigenvalue weighted by Gasteiger charge is -2.42. The van der Waals surface area contributed by atoms with Crippen molar-refractivity contribution in [3.63, 3.8) is 0 Å². The van der Waals surface area contributed by atoms with Crippen LogP contribution in [0.2, 0.25) is 0 Å². The molecule has 1 aliphatic carbocycles. The minimum atomic E-state index is 0.557. The Bertz CT molecular complexity index is 228. The van der Waals surface area contributed by atoms with Crippen LogP contribution in [0.25, 0.3) is 0 Å². The van der Waals surface area contributed by atoms with E-state index in [2.05, 4.69) is 44.0 Å². The number of hydrogen-bond donors (Lipinski definition) is 0. The highest BCUT2D eigenvalue weighted by molar-refractivity contribution is 8.21. The average molecular weight is 228 g/mol. The summed E-state index contributed by atoms with van der Waals surface area (Å²) in [5.41, 5.74) is 1.41. The molecule has 14 heavy (non-hydrogen) atoms. The van der Waals surface area contributed by atoms with Gasteiger partial charge in [0, 0.05) is 11.5 Å². The SMILES string of the molecule is C=C(C)C1CCC(C)C2(C1)SCCS2. The first-order valence-electron chi connectivity index (χ1n) is 5.57. The maximum atomic E-state index is 4.14. The smallest absolute Gasteiger partial charge is 0.0642 e. The van der Waals surface area contributed by atoms with Gasteiger partial charge in [0.25, 0.3) is 0 Å². The molecular weight excluding hydrogens is 208 g/mol. The fourth-order valence-corrected chi connectivity index (χ4v) is 6.25. The fourth-order valence-electron chi connectivity index (χ4n) is 2.61. The Morgan fingerprint density at radius 2 is 1.93 bits per heavy atom. The number of allylic oxidation sites excluding steroid dienone is 1. The van der Waals surface area contributed by atoms with Crippen molar-refractivity contribution >= 4 is 23.5 Å². The zero-order valence-corrected chi connectivity index (χ0v) is 10.8. The molecular formula is C12H20S2. The maximum Gasteiger partial charge on any atom is 0.0642 e. The van der Waals surface area contributed by atoms with Gasteiger partial charge in [-0.1, -0.05) is 19.1 Å². The van der Waals surface area contributed by atoms with Gasteiger partial charge in [-0.2, -0.15) is 0 Å². The summed E-state index contributed by atoms with van der Waals surface area (Å²) >= 11 is 4.43. The summed E-state index contributed by atoms with van der Waals surface area (Å²) in [6.45, 7) is 8.79. The van der Waals surface area contributed by atoms with Gasteiger partial charge in [0.1, 0.15) is 0 Å². The van der Waals surface area contributed by atoms with Crippen LogP contribution in [0.15, 0.2) is 12.2 Å². The van der Waals surface area contributed by atoms with Crippen molar-refractivity contribution in [3.8, 4) is 0 Å². The molecule has 0 aromatic carbocycles. The summed E-state index contributed by atoms with van der Waals surface area (Å²) in [6.07, 6.45) is 4.15. The molecule has 0 aromatic heterocycles. The van der Waals surface area contributed by atoms with Crippen LogP contribution in [0.3, 0.4) is 0 Å². The maximum absolute atomic E-state index is 4.14. The van der Waals surface area contributed by atoms with E-state index >= 15 is 0 Å². The second kappa shape index (κ2) is 4.13. The van der Waals surface area contributed by atoms with E-state index in [1.165, 1.54) is 36.3 Å². The highest BCUT2D eigenvalue weighted by Crippen LogP contribution is 2.57. The third-order valence-electron chi connectivity index (χ3n) is 3.70. The van der Waals surface area contributed by atoms with Gasteiger partial charge in [-0.15, -0.1) is 23.5 Å². The third kappa shape index (κ3) is 1.88. The summed E-state index contributed by atoms with van der Waals surface area (Å²) < 4.78 is 0.557. The minimum Gasteiger partial charge on any atom is -0.143 e. The molecule has 0 radical (unpaired) electrons. The van der Waals surface area contributed by atoms with Crippen molar-refractivity contribution in [3.05, 3.63) is 12.2 Å². The molecule has 2 atom stereocenters. The van der Waals surface area contributed by atoms with Crippen LogP contribution in [-0.2, 0) is 0 Å². The average Bonchev–Trinajstić information content (AvgIpc) is 2.59. The van der Waals surface area contributed by atoms with Crippen LogP contribution in [0.4, 0.5) is 0 Å². The summed E-state index contributed by atoms with van der Waals surface area (Å²) in [7, 11) is 0. The Balaban J connectivity index is 2.10. The van der Waals surface area contributed by atoms with Crippen LogP contribution in [0, 0.1) is 11.8 Å². The van der Waals surface area contributed by atoms with Crippen LogP contribution in [0.5, 0.6) is 0 Å². The molecule has 2 unspecified atom stereocenters. The van der Waals surface area contributed by atoms with E-state index in [1.54, 1.807) is 0 Å². The van der Waals surface area contributed by atoms with Crippen molar-refractivity contribution in [1.29, 1.82) is 0 Å². The molecule has 0 nitrogen and oxygen atoms in total. The van der Waals surface area contributed by atoms with Crippen molar-refractivity contribution in [2.75, 3.05) is 11.5 Å². The predicted molar refractivity (Wildman–Crippen MR) is 69.0 cm³/mol. The lowest BCUT2D eigenvalue weighted by Crippen LogP contribution is -2.34. The van der Waals surface area contributed by atoms with Gasteiger partial charge in [-0.05, 0) is 38.0 Å². The van der Waals surface area contributed by atoms with Crippen molar-refractivity contribution in [2.45, 2.75) is 37.2 Å². The summed E-state index contributed by atoms with van der Waals surface area (Å²) in [5, 5.41) is 0. The molecule has 0 N–H and O–H groups in total. The van der Waals surface area contributed by atoms with Crippen LogP contribution in [0.1, 0.15) is 33.1 Å². The highest BCUT2D eigenvalue weighted by Gasteiger charge is 2.45. The highest BCUT2D eigenvalue weighted by atomic mass is 32.2. The lowest BCUT2D eigenvalue weighted by molar-refractivity contribution is 0.312. The molecule has 0 amide bonds. The summed E-state index contributed by atoms with van der Waals surface area (Å²) in [6, 6.07) is 0. The normalized spacial score (nSPS) is 36.1. The zero-order chi connectivity index (χ0) is 10.2. The largest absolute Gasteiger partial charge is 0.143 e. The summed E-state index contributed by atoms with van der Waals surface area (Å²) in [4.78, 5) is 0. The van der Waals surface area contributed by atoms with Crippen molar-refractivity contribution < 1.29 is 0 Å². The first kappa shape index (κ1) is 10.9. The van der Waals surface area contributed by atoms with E-state index < -0.39 is 0 Å². The second-order valence-electron chi connectivity index (χ2n) is 4.73. The van der Waals surface area contributed by atoms with Gasteiger partial charge in [0.05, 0.1) is 4.08 Å². The number of rotatable bonds is 1. The first-order chi connectivity index (χ1) is 6.64.